The number of aryl methyl sites for hydroxylation is 1. The molecule has 6 heteroatoms. The molecule has 1 aromatic rings. The molecular weight excluding hydrogens is 407 g/mol. The van der Waals surface area contributed by atoms with Gasteiger partial charge in [0.25, 0.3) is 0 Å². The first kappa shape index (κ1) is 16.2. The number of amides is 3. The first-order chi connectivity index (χ1) is 11.0. The highest BCUT2D eigenvalue weighted by atomic mass is 127. The van der Waals surface area contributed by atoms with Gasteiger partial charge in [-0.15, -0.1) is 0 Å². The van der Waals surface area contributed by atoms with Crippen LogP contribution in [0.2, 0.25) is 0 Å². The number of allylic oxidation sites excluding steroid dienone is 2. The van der Waals surface area contributed by atoms with Crippen LogP contribution in [-0.4, -0.2) is 29.2 Å². The lowest BCUT2D eigenvalue weighted by molar-refractivity contribution is -0.142. The Bertz CT molecular complexity index is 688. The third-order valence-corrected chi connectivity index (χ3v) is 5.52. The number of fused-ring (bicyclic) bond motifs is 1. The van der Waals surface area contributed by atoms with E-state index in [0.29, 0.717) is 18.5 Å². The predicted molar refractivity (Wildman–Crippen MR) is 94.6 cm³/mol. The molecule has 3 amide bonds. The van der Waals surface area contributed by atoms with E-state index < -0.39 is 0 Å². The van der Waals surface area contributed by atoms with Crippen molar-refractivity contribution in [2.24, 2.45) is 11.8 Å². The minimum absolute atomic E-state index is 0.213. The van der Waals surface area contributed by atoms with E-state index in [1.165, 1.54) is 0 Å². The van der Waals surface area contributed by atoms with Gasteiger partial charge in [0.05, 0.1) is 11.8 Å². The molecule has 2 unspecified atom stereocenters. The zero-order chi connectivity index (χ0) is 16.6. The van der Waals surface area contributed by atoms with Crippen molar-refractivity contribution in [3.05, 3.63) is 39.5 Å². The van der Waals surface area contributed by atoms with Crippen molar-refractivity contribution in [1.82, 2.24) is 4.90 Å². The largest absolute Gasteiger partial charge is 0.324 e. The Balaban J connectivity index is 1.67. The van der Waals surface area contributed by atoms with Crippen molar-refractivity contribution in [2.75, 3.05) is 11.9 Å². The van der Waals surface area contributed by atoms with Crippen molar-refractivity contribution < 1.29 is 14.4 Å². The van der Waals surface area contributed by atoms with E-state index in [2.05, 4.69) is 27.9 Å². The van der Waals surface area contributed by atoms with E-state index >= 15 is 0 Å². The second kappa shape index (κ2) is 6.43. The number of likely N-dealkylation sites (tertiary alicyclic amines) is 1. The van der Waals surface area contributed by atoms with Crippen LogP contribution in [-0.2, 0) is 14.4 Å². The van der Waals surface area contributed by atoms with Gasteiger partial charge in [0.15, 0.2) is 0 Å². The summed E-state index contributed by atoms with van der Waals surface area (Å²) < 4.78 is 1.05. The number of hydrogen-bond donors (Lipinski definition) is 1. The van der Waals surface area contributed by atoms with Gasteiger partial charge in [-0.3, -0.25) is 19.3 Å². The maximum absolute atomic E-state index is 12.3. The molecule has 1 fully saturated rings. The molecule has 1 aromatic carbocycles. The molecule has 0 aromatic heterocycles. The maximum Gasteiger partial charge on any atom is 0.244 e. The van der Waals surface area contributed by atoms with Gasteiger partial charge in [-0.1, -0.05) is 18.2 Å². The fourth-order valence-corrected chi connectivity index (χ4v) is 3.55. The van der Waals surface area contributed by atoms with Crippen LogP contribution in [0.3, 0.4) is 0 Å². The van der Waals surface area contributed by atoms with E-state index in [0.717, 1.165) is 14.0 Å². The fraction of sp³-hybridized carbons (Fsp3) is 0.353. The summed E-state index contributed by atoms with van der Waals surface area (Å²) >= 11 is 2.20. The van der Waals surface area contributed by atoms with E-state index in [-0.39, 0.29) is 36.1 Å². The molecule has 1 saturated heterocycles. The zero-order valence-electron chi connectivity index (χ0n) is 12.7. The Kier molecular flexibility index (Phi) is 4.52. The smallest absolute Gasteiger partial charge is 0.244 e. The predicted octanol–water partition coefficient (Wildman–Crippen LogP) is 2.49. The quantitative estimate of drug-likeness (QED) is 0.461. The number of imide groups is 1. The lowest BCUT2D eigenvalue weighted by atomic mass is 9.85. The topological polar surface area (TPSA) is 66.5 Å². The third kappa shape index (κ3) is 3.17. The molecule has 1 heterocycles. The summed E-state index contributed by atoms with van der Waals surface area (Å²) in [5, 5.41) is 2.75. The number of nitrogens with zero attached hydrogens (tertiary/aromatic N) is 1. The van der Waals surface area contributed by atoms with Crippen LogP contribution in [0.1, 0.15) is 18.4 Å². The molecule has 1 aliphatic heterocycles. The molecule has 5 nitrogen and oxygen atoms in total. The molecular formula is C17H17IN2O3. The van der Waals surface area contributed by atoms with E-state index in [9.17, 15) is 14.4 Å². The maximum atomic E-state index is 12.3. The second-order valence-electron chi connectivity index (χ2n) is 5.93. The SMILES string of the molecule is Cc1ccc(NC(=O)CN2C(=O)C3CC=CCC3C2=O)cc1I. The van der Waals surface area contributed by atoms with Crippen LogP contribution in [0, 0.1) is 22.3 Å². The van der Waals surface area contributed by atoms with Gasteiger partial charge >= 0.3 is 0 Å². The highest BCUT2D eigenvalue weighted by Crippen LogP contribution is 2.34. The minimum Gasteiger partial charge on any atom is -0.324 e. The number of nitrogens with one attached hydrogen (secondary N) is 1. The van der Waals surface area contributed by atoms with Crippen LogP contribution in [0.15, 0.2) is 30.4 Å². The van der Waals surface area contributed by atoms with Crippen molar-refractivity contribution in [2.45, 2.75) is 19.8 Å². The van der Waals surface area contributed by atoms with E-state index in [1.54, 1.807) is 0 Å². The van der Waals surface area contributed by atoms with Gasteiger partial charge in [0.2, 0.25) is 17.7 Å². The highest BCUT2D eigenvalue weighted by molar-refractivity contribution is 14.1. The molecule has 120 valence electrons. The average Bonchev–Trinajstić information content (AvgIpc) is 2.76. The normalized spacial score (nSPS) is 23.1. The van der Waals surface area contributed by atoms with Crippen molar-refractivity contribution in [1.29, 1.82) is 0 Å². The Hall–Kier alpha value is -1.70. The molecule has 3 rings (SSSR count). The Morgan fingerprint density at radius 3 is 2.39 bits per heavy atom. The van der Waals surface area contributed by atoms with Gasteiger partial charge in [0, 0.05) is 9.26 Å². The molecule has 2 atom stereocenters. The summed E-state index contributed by atoms with van der Waals surface area (Å²) in [4.78, 5) is 37.9. The molecule has 1 aliphatic carbocycles. The summed E-state index contributed by atoms with van der Waals surface area (Å²) in [7, 11) is 0. The van der Waals surface area contributed by atoms with E-state index in [1.807, 2.05) is 37.3 Å². The monoisotopic (exact) mass is 424 g/mol. The molecule has 23 heavy (non-hydrogen) atoms. The van der Waals surface area contributed by atoms with Gasteiger partial charge in [-0.2, -0.15) is 0 Å². The summed E-state index contributed by atoms with van der Waals surface area (Å²) in [6.45, 7) is 1.78. The zero-order valence-corrected chi connectivity index (χ0v) is 14.9. The van der Waals surface area contributed by atoms with Crippen LogP contribution in [0.5, 0.6) is 0 Å². The highest BCUT2D eigenvalue weighted by Gasteiger charge is 2.47. The summed E-state index contributed by atoms with van der Waals surface area (Å²) in [5.41, 5.74) is 1.80. The lowest BCUT2D eigenvalue weighted by Gasteiger charge is -2.14. The number of carbonyl (C=O) groups excluding carboxylic acids is 3. The number of rotatable bonds is 3. The van der Waals surface area contributed by atoms with Gasteiger partial charge < -0.3 is 5.32 Å². The average molecular weight is 424 g/mol. The van der Waals surface area contributed by atoms with Crippen molar-refractivity contribution in [3.63, 3.8) is 0 Å². The van der Waals surface area contributed by atoms with Crippen molar-refractivity contribution >= 4 is 46.0 Å². The molecule has 0 radical (unpaired) electrons. The lowest BCUT2D eigenvalue weighted by Crippen LogP contribution is -2.38. The minimum atomic E-state index is -0.349. The molecule has 0 bridgehead atoms. The van der Waals surface area contributed by atoms with Crippen LogP contribution >= 0.6 is 22.6 Å². The number of hydrogen-bond acceptors (Lipinski definition) is 3. The Morgan fingerprint density at radius 2 is 1.83 bits per heavy atom. The Labute approximate surface area is 148 Å². The van der Waals surface area contributed by atoms with Crippen LogP contribution in [0.25, 0.3) is 0 Å². The van der Waals surface area contributed by atoms with Crippen molar-refractivity contribution in [3.8, 4) is 0 Å². The summed E-state index contributed by atoms with van der Waals surface area (Å²) in [6, 6.07) is 5.60. The van der Waals surface area contributed by atoms with Gasteiger partial charge in [0.1, 0.15) is 6.54 Å². The number of benzene rings is 1. The molecule has 0 spiro atoms. The van der Waals surface area contributed by atoms with Crippen LogP contribution < -0.4 is 5.32 Å². The third-order valence-electron chi connectivity index (χ3n) is 4.36. The first-order valence-corrected chi connectivity index (χ1v) is 8.61. The van der Waals surface area contributed by atoms with Crippen LogP contribution in [0.4, 0.5) is 5.69 Å². The van der Waals surface area contributed by atoms with Gasteiger partial charge in [-0.25, -0.2) is 0 Å². The summed E-state index contributed by atoms with van der Waals surface area (Å²) in [5.74, 6) is -1.38. The Morgan fingerprint density at radius 1 is 1.22 bits per heavy atom. The summed E-state index contributed by atoms with van der Waals surface area (Å²) in [6.07, 6.45) is 5.04. The molecule has 1 N–H and O–H groups in total. The second-order valence-corrected chi connectivity index (χ2v) is 7.09. The number of anilines is 1. The fourth-order valence-electron chi connectivity index (χ4n) is 3.04. The number of halogens is 1. The molecule has 2 aliphatic rings. The first-order valence-electron chi connectivity index (χ1n) is 7.53. The standard InChI is InChI=1S/C17H17IN2O3/c1-10-6-7-11(8-14(10)18)19-15(21)9-20-16(22)12-4-2-3-5-13(12)17(20)23/h2-3,6-8,12-13H,4-5,9H2,1H3,(H,19,21). The van der Waals surface area contributed by atoms with Gasteiger partial charge in [-0.05, 0) is 60.1 Å². The number of carbonyl (C=O) groups is 3. The molecule has 0 saturated carbocycles. The van der Waals surface area contributed by atoms with E-state index in [4.69, 9.17) is 0 Å².